The molecule has 0 heterocycles. The van der Waals surface area contributed by atoms with Gasteiger partial charge in [0.2, 0.25) is 0 Å². The summed E-state index contributed by atoms with van der Waals surface area (Å²) in [7, 11) is 0. The van der Waals surface area contributed by atoms with Crippen LogP contribution in [0.25, 0.3) is 0 Å². The molecular weight excluding hydrogens is 320 g/mol. The third-order valence-electron chi connectivity index (χ3n) is 7.72. The second-order valence-electron chi connectivity index (χ2n) is 9.15. The molecular formula is C20H30O5. The van der Waals surface area contributed by atoms with Crippen LogP contribution in [0.15, 0.2) is 11.6 Å². The molecule has 0 aromatic carbocycles. The number of aliphatic carboxylic acids is 1. The van der Waals surface area contributed by atoms with Gasteiger partial charge in [0.1, 0.15) is 5.60 Å². The summed E-state index contributed by atoms with van der Waals surface area (Å²) < 4.78 is 0. The zero-order chi connectivity index (χ0) is 18.6. The Labute approximate surface area is 149 Å². The molecule has 2 fully saturated rings. The monoisotopic (exact) mass is 350 g/mol. The number of hydrogen-bond acceptors (Lipinski definition) is 4. The molecule has 3 aliphatic carbocycles. The van der Waals surface area contributed by atoms with Crippen molar-refractivity contribution in [3.63, 3.8) is 0 Å². The van der Waals surface area contributed by atoms with Gasteiger partial charge in [-0.3, -0.25) is 14.8 Å². The van der Waals surface area contributed by atoms with Crippen LogP contribution in [0.4, 0.5) is 0 Å². The van der Waals surface area contributed by atoms with Gasteiger partial charge in [0.15, 0.2) is 5.78 Å². The first kappa shape index (κ1) is 18.6. The number of hydrogen-bond donors (Lipinski definition) is 2. The highest BCUT2D eigenvalue weighted by atomic mass is 17.1. The normalized spacial score (nSPS) is 44.1. The van der Waals surface area contributed by atoms with E-state index in [0.29, 0.717) is 12.8 Å². The number of carbonyl (C=O) groups is 2. The molecule has 5 heteroatoms. The highest BCUT2D eigenvalue weighted by Crippen LogP contribution is 2.63. The summed E-state index contributed by atoms with van der Waals surface area (Å²) >= 11 is 0. The lowest BCUT2D eigenvalue weighted by Gasteiger charge is -2.58. The molecule has 25 heavy (non-hydrogen) atoms. The Morgan fingerprint density at radius 1 is 1.28 bits per heavy atom. The Hall–Kier alpha value is -1.20. The Morgan fingerprint density at radius 2 is 1.96 bits per heavy atom. The van der Waals surface area contributed by atoms with Crippen LogP contribution >= 0.6 is 0 Å². The van der Waals surface area contributed by atoms with Gasteiger partial charge < -0.3 is 5.11 Å². The first-order chi connectivity index (χ1) is 11.6. The minimum Gasteiger partial charge on any atom is -0.481 e. The molecule has 2 saturated carbocycles. The van der Waals surface area contributed by atoms with Crippen LogP contribution in [0.2, 0.25) is 0 Å². The summed E-state index contributed by atoms with van der Waals surface area (Å²) in [5.74, 6) is -0.777. The lowest BCUT2D eigenvalue weighted by Crippen LogP contribution is -2.57. The minimum absolute atomic E-state index is 0.0311. The van der Waals surface area contributed by atoms with Gasteiger partial charge >= 0.3 is 5.97 Å². The van der Waals surface area contributed by atoms with Crippen LogP contribution in [0, 0.1) is 28.6 Å². The van der Waals surface area contributed by atoms with Crippen molar-refractivity contribution in [1.82, 2.24) is 0 Å². The van der Waals surface area contributed by atoms with Gasteiger partial charge in [-0.1, -0.05) is 27.2 Å². The van der Waals surface area contributed by atoms with Crippen LogP contribution in [-0.2, 0) is 14.5 Å². The first-order valence-corrected chi connectivity index (χ1v) is 9.42. The zero-order valence-corrected chi connectivity index (χ0v) is 15.7. The molecule has 0 aromatic rings. The molecule has 0 aliphatic heterocycles. The van der Waals surface area contributed by atoms with Gasteiger partial charge in [-0.05, 0) is 67.4 Å². The summed E-state index contributed by atoms with van der Waals surface area (Å²) in [6.45, 7) is 7.95. The van der Waals surface area contributed by atoms with Crippen molar-refractivity contribution >= 4 is 11.8 Å². The maximum absolute atomic E-state index is 13.0. The largest absolute Gasteiger partial charge is 0.481 e. The van der Waals surface area contributed by atoms with E-state index in [2.05, 4.69) is 6.92 Å². The fourth-order valence-electron chi connectivity index (χ4n) is 5.90. The zero-order valence-electron chi connectivity index (χ0n) is 15.7. The SMILES string of the molecule is CC(C)[C@]1(OO)C=C2C(=O)C[C@H]3[C@@](C)(CCC[C@@]3(C)C(=O)O)[C@@H]2CC1. The quantitative estimate of drug-likeness (QED) is 0.592. The number of carboxylic acids is 1. The molecule has 0 aromatic heterocycles. The molecule has 0 spiro atoms. The van der Waals surface area contributed by atoms with Crippen molar-refractivity contribution in [2.24, 2.45) is 28.6 Å². The number of Topliss-reactive ketones (excluding diaryl/α,β-unsaturated/α-hetero) is 1. The molecule has 0 bridgehead atoms. The second kappa shape index (κ2) is 5.92. The van der Waals surface area contributed by atoms with E-state index >= 15 is 0 Å². The number of allylic oxidation sites excluding steroid dienone is 1. The second-order valence-corrected chi connectivity index (χ2v) is 9.15. The molecule has 0 saturated heterocycles. The Balaban J connectivity index is 2.06. The smallest absolute Gasteiger partial charge is 0.309 e. The first-order valence-electron chi connectivity index (χ1n) is 9.42. The van der Waals surface area contributed by atoms with E-state index in [9.17, 15) is 20.0 Å². The number of carbonyl (C=O) groups excluding carboxylic acids is 1. The lowest BCUT2D eigenvalue weighted by molar-refractivity contribution is -0.323. The molecule has 2 N–H and O–H groups in total. The Kier molecular flexibility index (Phi) is 4.40. The maximum Gasteiger partial charge on any atom is 0.309 e. The van der Waals surface area contributed by atoms with Gasteiger partial charge in [-0.15, -0.1) is 0 Å². The van der Waals surface area contributed by atoms with Crippen molar-refractivity contribution < 1.29 is 24.8 Å². The van der Waals surface area contributed by atoms with Gasteiger partial charge in [-0.25, -0.2) is 4.89 Å². The van der Waals surface area contributed by atoms with E-state index in [1.54, 1.807) is 0 Å². The lowest BCUT2D eigenvalue weighted by atomic mass is 9.45. The Bertz CT molecular complexity index is 624. The van der Waals surface area contributed by atoms with Crippen molar-refractivity contribution in [3.8, 4) is 0 Å². The van der Waals surface area contributed by atoms with E-state index in [-0.39, 0.29) is 35.4 Å². The van der Waals surface area contributed by atoms with E-state index in [0.717, 1.165) is 24.8 Å². The molecule has 3 aliphatic rings. The number of rotatable bonds is 3. The van der Waals surface area contributed by atoms with Crippen LogP contribution in [-0.4, -0.2) is 27.7 Å². The summed E-state index contributed by atoms with van der Waals surface area (Å²) in [5, 5.41) is 19.4. The standard InChI is InChI=1S/C20H30O5/c1-12(2)20(25-24)9-6-14-13(11-20)15(21)10-16-18(14,3)7-5-8-19(16,4)17(22)23/h11-12,14,16,24H,5-10H2,1-4H3,(H,22,23)/t14-,16+,18+,19-,20-/m1/s1. The van der Waals surface area contributed by atoms with Gasteiger partial charge in [0.25, 0.3) is 0 Å². The van der Waals surface area contributed by atoms with E-state index in [4.69, 9.17) is 4.89 Å². The summed E-state index contributed by atoms with van der Waals surface area (Å²) in [5.41, 5.74) is -1.09. The molecule has 3 rings (SSSR count). The average molecular weight is 350 g/mol. The predicted octanol–water partition coefficient (Wildman–Crippen LogP) is 4.08. The van der Waals surface area contributed by atoms with Crippen LogP contribution in [0.5, 0.6) is 0 Å². The topological polar surface area (TPSA) is 83.8 Å². The van der Waals surface area contributed by atoms with Crippen molar-refractivity contribution in [3.05, 3.63) is 11.6 Å². The molecule has 0 unspecified atom stereocenters. The maximum atomic E-state index is 13.0. The van der Waals surface area contributed by atoms with Gasteiger partial charge in [-0.2, -0.15) is 0 Å². The molecule has 0 radical (unpaired) electrons. The molecule has 0 amide bonds. The number of ketones is 1. The number of carboxylic acid groups (broad SMARTS) is 1. The van der Waals surface area contributed by atoms with Crippen molar-refractivity contribution in [2.75, 3.05) is 0 Å². The third kappa shape index (κ3) is 2.50. The van der Waals surface area contributed by atoms with Crippen molar-refractivity contribution in [1.29, 1.82) is 0 Å². The van der Waals surface area contributed by atoms with Gasteiger partial charge in [0, 0.05) is 6.42 Å². The van der Waals surface area contributed by atoms with E-state index < -0.39 is 17.0 Å². The van der Waals surface area contributed by atoms with E-state index in [1.807, 2.05) is 26.8 Å². The van der Waals surface area contributed by atoms with E-state index in [1.165, 1.54) is 0 Å². The fraction of sp³-hybridized carbons (Fsp3) is 0.800. The molecule has 5 atom stereocenters. The summed E-state index contributed by atoms with van der Waals surface area (Å²) in [6.07, 6.45) is 5.98. The van der Waals surface area contributed by atoms with Crippen LogP contribution in [0.1, 0.15) is 66.2 Å². The highest BCUT2D eigenvalue weighted by molar-refractivity contribution is 5.98. The van der Waals surface area contributed by atoms with Gasteiger partial charge in [0.05, 0.1) is 5.41 Å². The minimum atomic E-state index is -0.839. The Morgan fingerprint density at radius 3 is 2.52 bits per heavy atom. The predicted molar refractivity (Wildman–Crippen MR) is 92.9 cm³/mol. The average Bonchev–Trinajstić information content (AvgIpc) is 2.56. The molecule has 140 valence electrons. The molecule has 5 nitrogen and oxygen atoms in total. The summed E-state index contributed by atoms with van der Waals surface area (Å²) in [6, 6.07) is 0. The van der Waals surface area contributed by atoms with Crippen molar-refractivity contribution in [2.45, 2.75) is 71.8 Å². The summed E-state index contributed by atoms with van der Waals surface area (Å²) in [4.78, 5) is 29.8. The van der Waals surface area contributed by atoms with Crippen LogP contribution < -0.4 is 0 Å². The van der Waals surface area contributed by atoms with Crippen LogP contribution in [0.3, 0.4) is 0 Å². The number of fused-ring (bicyclic) bond motifs is 3. The third-order valence-corrected chi connectivity index (χ3v) is 7.72. The highest BCUT2D eigenvalue weighted by Gasteiger charge is 2.61. The fourth-order valence-corrected chi connectivity index (χ4v) is 5.90.